The molecule has 0 spiro atoms. The van der Waals surface area contributed by atoms with E-state index in [1.54, 1.807) is 23.6 Å². The second kappa shape index (κ2) is 8.76. The lowest BCUT2D eigenvalue weighted by Gasteiger charge is -2.35. The number of rotatable bonds is 6. The maximum Gasteiger partial charge on any atom is 0.338 e. The molecule has 1 aromatic carbocycles. The molecule has 0 radical (unpaired) electrons. The van der Waals surface area contributed by atoms with Crippen molar-refractivity contribution in [2.24, 2.45) is 10.7 Å². The highest BCUT2D eigenvalue weighted by atomic mass is 32.2. The van der Waals surface area contributed by atoms with Crippen molar-refractivity contribution in [2.75, 3.05) is 12.9 Å². The molecule has 2 N–H and O–H groups in total. The third kappa shape index (κ3) is 3.64. The van der Waals surface area contributed by atoms with Gasteiger partial charge >= 0.3 is 5.97 Å². The number of benzene rings is 1. The van der Waals surface area contributed by atoms with Gasteiger partial charge in [0.25, 0.3) is 0 Å². The van der Waals surface area contributed by atoms with E-state index in [0.717, 1.165) is 16.9 Å². The van der Waals surface area contributed by atoms with Gasteiger partial charge < -0.3 is 10.5 Å². The number of carbonyl (C=O) groups excluding carboxylic acids is 1. The van der Waals surface area contributed by atoms with Crippen LogP contribution in [0.3, 0.4) is 0 Å². The number of fused-ring (bicyclic) bond motifs is 1. The van der Waals surface area contributed by atoms with Crippen LogP contribution in [0.2, 0.25) is 0 Å². The summed E-state index contributed by atoms with van der Waals surface area (Å²) in [6.45, 7) is 4.10. The lowest BCUT2D eigenvalue weighted by molar-refractivity contribution is -0.139. The number of nitrogens with two attached hydrogens (primary N) is 1. The summed E-state index contributed by atoms with van der Waals surface area (Å²) in [5.41, 5.74) is 8.39. The molecule has 0 unspecified atom stereocenters. The molecule has 0 aliphatic carbocycles. The number of carbonyl (C=O) groups is 1. The van der Waals surface area contributed by atoms with Gasteiger partial charge in [0, 0.05) is 4.90 Å². The fourth-order valence-electron chi connectivity index (χ4n) is 3.24. The summed E-state index contributed by atoms with van der Waals surface area (Å²) >= 11 is 2.89. The van der Waals surface area contributed by atoms with Gasteiger partial charge in [0.1, 0.15) is 16.8 Å². The first-order valence-corrected chi connectivity index (χ1v) is 11.1. The third-order valence-electron chi connectivity index (χ3n) is 4.48. The van der Waals surface area contributed by atoms with Gasteiger partial charge in [0.05, 0.1) is 23.9 Å². The monoisotopic (exact) mass is 414 g/mol. The Bertz CT molecular complexity index is 913. The fraction of sp³-hybridized carbons (Fsp3) is 0.350. The number of thioether (sulfide) groups is 2. The van der Waals surface area contributed by atoms with Gasteiger partial charge in [-0.2, -0.15) is 5.26 Å². The zero-order valence-electron chi connectivity index (χ0n) is 16.1. The number of hydrogen-bond acceptors (Lipinski definition) is 8. The Balaban J connectivity index is 2.20. The molecule has 2 heterocycles. The molecule has 3 rings (SSSR count). The third-order valence-corrected chi connectivity index (χ3v) is 6.20. The molecule has 0 saturated heterocycles. The van der Waals surface area contributed by atoms with E-state index in [1.165, 1.54) is 11.8 Å². The van der Waals surface area contributed by atoms with E-state index in [1.807, 2.05) is 37.4 Å². The predicted octanol–water partition coefficient (Wildman–Crippen LogP) is 4.14. The van der Waals surface area contributed by atoms with Crippen molar-refractivity contribution in [1.29, 1.82) is 5.26 Å². The van der Waals surface area contributed by atoms with Gasteiger partial charge in [-0.3, -0.25) is 4.90 Å². The van der Waals surface area contributed by atoms with Crippen molar-refractivity contribution in [3.63, 3.8) is 0 Å². The summed E-state index contributed by atoms with van der Waals surface area (Å²) < 4.78 is 5.37. The minimum absolute atomic E-state index is 0.278. The Kier molecular flexibility index (Phi) is 6.37. The fourth-order valence-corrected chi connectivity index (χ4v) is 4.54. The van der Waals surface area contributed by atoms with Crippen LogP contribution in [0.5, 0.6) is 0 Å². The van der Waals surface area contributed by atoms with E-state index in [-0.39, 0.29) is 6.61 Å². The van der Waals surface area contributed by atoms with Crippen molar-refractivity contribution >= 4 is 34.7 Å². The molecule has 2 aliphatic heterocycles. The quantitative estimate of drug-likeness (QED) is 0.552. The van der Waals surface area contributed by atoms with Gasteiger partial charge in [-0.05, 0) is 49.1 Å². The lowest BCUT2D eigenvalue weighted by Crippen LogP contribution is -2.39. The van der Waals surface area contributed by atoms with Crippen LogP contribution in [-0.2, 0) is 9.53 Å². The van der Waals surface area contributed by atoms with Crippen molar-refractivity contribution < 1.29 is 9.53 Å². The van der Waals surface area contributed by atoms with Crippen LogP contribution in [-0.4, -0.2) is 28.9 Å². The Morgan fingerprint density at radius 3 is 2.68 bits per heavy atom. The molecule has 1 aromatic rings. The zero-order chi connectivity index (χ0) is 20.3. The van der Waals surface area contributed by atoms with Gasteiger partial charge in [0.2, 0.25) is 0 Å². The Morgan fingerprint density at radius 2 is 2.11 bits per heavy atom. The Labute approximate surface area is 173 Å². The molecule has 6 nitrogen and oxygen atoms in total. The zero-order valence-corrected chi connectivity index (χ0v) is 17.7. The number of esters is 1. The highest BCUT2D eigenvalue weighted by Gasteiger charge is 2.43. The molecule has 28 heavy (non-hydrogen) atoms. The number of nitriles is 1. The van der Waals surface area contributed by atoms with Crippen LogP contribution < -0.4 is 5.73 Å². The summed E-state index contributed by atoms with van der Waals surface area (Å²) in [7, 11) is 0. The average molecular weight is 415 g/mol. The van der Waals surface area contributed by atoms with Crippen LogP contribution in [0.4, 0.5) is 0 Å². The van der Waals surface area contributed by atoms with Crippen molar-refractivity contribution in [2.45, 2.75) is 37.6 Å². The summed E-state index contributed by atoms with van der Waals surface area (Å²) in [5.74, 6) is -0.0709. The number of aliphatic imine (C=N–C) groups is 1. The van der Waals surface area contributed by atoms with Crippen LogP contribution in [0.15, 0.2) is 56.1 Å². The van der Waals surface area contributed by atoms with E-state index in [2.05, 4.69) is 11.1 Å². The minimum atomic E-state index is -0.470. The van der Waals surface area contributed by atoms with Crippen LogP contribution in [0.1, 0.15) is 38.3 Å². The molecule has 2 aliphatic rings. The molecular weight excluding hydrogens is 392 g/mol. The summed E-state index contributed by atoms with van der Waals surface area (Å²) in [5, 5.41) is 10.1. The molecule has 0 bridgehead atoms. The lowest BCUT2D eigenvalue weighted by atomic mass is 9.93. The maximum atomic E-state index is 12.9. The SMILES string of the molecule is CCCC1=C(C(=O)OCC)[C@@H](c2ccc(SC)cc2)N2C(=N1)SC(C#N)=C2N. The van der Waals surface area contributed by atoms with Crippen LogP contribution >= 0.6 is 23.5 Å². The normalized spacial score (nSPS) is 18.7. The standard InChI is InChI=1S/C20H22N4O2S2/c1-4-6-14-16(19(25)26-5-2)17(12-7-9-13(27-3)10-8-12)24-18(22)15(11-21)28-20(24)23-14/h7-10,17H,4-6,22H2,1-3H3/t17-/m1/s1. The highest BCUT2D eigenvalue weighted by Crippen LogP contribution is 2.46. The molecule has 1 atom stereocenters. The second-order valence-electron chi connectivity index (χ2n) is 6.20. The number of allylic oxidation sites excluding steroid dienone is 2. The number of hydrogen-bond donors (Lipinski definition) is 1. The summed E-state index contributed by atoms with van der Waals surface area (Å²) in [6, 6.07) is 9.68. The van der Waals surface area contributed by atoms with E-state index in [9.17, 15) is 10.1 Å². The van der Waals surface area contributed by atoms with Crippen molar-refractivity contribution in [3.8, 4) is 6.07 Å². The van der Waals surface area contributed by atoms with E-state index < -0.39 is 12.0 Å². The highest BCUT2D eigenvalue weighted by molar-refractivity contribution is 8.17. The molecule has 0 saturated carbocycles. The average Bonchev–Trinajstić information content (AvgIpc) is 3.03. The number of amidine groups is 1. The maximum absolute atomic E-state index is 12.9. The molecule has 0 aromatic heterocycles. The first-order chi connectivity index (χ1) is 13.5. The van der Waals surface area contributed by atoms with Crippen LogP contribution in [0.25, 0.3) is 0 Å². The number of nitrogens with zero attached hydrogens (tertiary/aromatic N) is 3. The molecular formula is C20H22N4O2S2. The van der Waals surface area contributed by atoms with Gasteiger partial charge in [-0.1, -0.05) is 25.5 Å². The summed E-state index contributed by atoms with van der Waals surface area (Å²) in [4.78, 5) is 20.9. The Morgan fingerprint density at radius 1 is 1.39 bits per heavy atom. The van der Waals surface area contributed by atoms with E-state index in [0.29, 0.717) is 33.6 Å². The van der Waals surface area contributed by atoms with Gasteiger partial charge in [0.15, 0.2) is 5.17 Å². The van der Waals surface area contributed by atoms with E-state index >= 15 is 0 Å². The predicted molar refractivity (Wildman–Crippen MR) is 113 cm³/mol. The molecule has 146 valence electrons. The largest absolute Gasteiger partial charge is 0.463 e. The molecule has 8 heteroatoms. The van der Waals surface area contributed by atoms with Crippen molar-refractivity contribution in [3.05, 3.63) is 51.8 Å². The molecule has 0 fully saturated rings. The summed E-state index contributed by atoms with van der Waals surface area (Å²) in [6.07, 6.45) is 3.50. The topological polar surface area (TPSA) is 91.7 Å². The number of ether oxygens (including phenoxy) is 1. The van der Waals surface area contributed by atoms with Gasteiger partial charge in [-0.25, -0.2) is 9.79 Å². The van der Waals surface area contributed by atoms with Crippen LogP contribution in [0, 0.1) is 11.3 Å². The minimum Gasteiger partial charge on any atom is -0.463 e. The Hall–Kier alpha value is -2.37. The van der Waals surface area contributed by atoms with Crippen molar-refractivity contribution in [1.82, 2.24) is 4.90 Å². The van der Waals surface area contributed by atoms with Gasteiger partial charge in [-0.15, -0.1) is 11.8 Å². The first-order valence-electron chi connectivity index (χ1n) is 9.05. The smallest absolute Gasteiger partial charge is 0.338 e. The van der Waals surface area contributed by atoms with E-state index in [4.69, 9.17) is 10.5 Å². The second-order valence-corrected chi connectivity index (χ2v) is 8.06. The first kappa shape index (κ1) is 20.4. The molecule has 0 amide bonds.